The second-order valence-electron chi connectivity index (χ2n) is 2.97. The second kappa shape index (κ2) is 5.10. The standard InChI is InChI=1S/C9H13BrO2S/c1-6(12-2)3-9(11)7-4-13-5-8(7)10/h4-6,9,11H,3H2,1-2H3. The number of thiophene rings is 1. The van der Waals surface area contributed by atoms with Crippen molar-refractivity contribution in [3.8, 4) is 0 Å². The van der Waals surface area contributed by atoms with E-state index in [1.807, 2.05) is 17.7 Å². The van der Waals surface area contributed by atoms with Crippen molar-refractivity contribution >= 4 is 27.3 Å². The molecule has 74 valence electrons. The van der Waals surface area contributed by atoms with Gasteiger partial charge in [-0.15, -0.1) is 0 Å². The van der Waals surface area contributed by atoms with Crippen LogP contribution in [0.3, 0.4) is 0 Å². The fraction of sp³-hybridized carbons (Fsp3) is 0.556. The van der Waals surface area contributed by atoms with Gasteiger partial charge in [-0.3, -0.25) is 0 Å². The summed E-state index contributed by atoms with van der Waals surface area (Å²) in [5.74, 6) is 0. The molecule has 2 unspecified atom stereocenters. The van der Waals surface area contributed by atoms with E-state index in [4.69, 9.17) is 4.74 Å². The number of halogens is 1. The lowest BCUT2D eigenvalue weighted by atomic mass is 10.1. The lowest BCUT2D eigenvalue weighted by molar-refractivity contribution is 0.0559. The zero-order valence-corrected chi connectivity index (χ0v) is 10.1. The summed E-state index contributed by atoms with van der Waals surface area (Å²) in [5.41, 5.74) is 0.953. The maximum atomic E-state index is 9.79. The first-order valence-corrected chi connectivity index (χ1v) is 5.81. The van der Waals surface area contributed by atoms with Crippen LogP contribution in [-0.4, -0.2) is 18.3 Å². The Hall–Kier alpha value is 0.100. The Kier molecular flexibility index (Phi) is 4.38. The molecule has 0 saturated carbocycles. The van der Waals surface area contributed by atoms with Crippen molar-refractivity contribution in [2.45, 2.75) is 25.6 Å². The highest BCUT2D eigenvalue weighted by Gasteiger charge is 2.15. The molecule has 0 saturated heterocycles. The third kappa shape index (κ3) is 3.06. The van der Waals surface area contributed by atoms with Crippen molar-refractivity contribution in [2.75, 3.05) is 7.11 Å². The smallest absolute Gasteiger partial charge is 0.0833 e. The molecule has 13 heavy (non-hydrogen) atoms. The molecule has 1 aromatic heterocycles. The van der Waals surface area contributed by atoms with Gasteiger partial charge in [0, 0.05) is 28.9 Å². The Labute approximate surface area is 90.7 Å². The highest BCUT2D eigenvalue weighted by atomic mass is 79.9. The quantitative estimate of drug-likeness (QED) is 0.906. The fourth-order valence-electron chi connectivity index (χ4n) is 1.07. The number of aliphatic hydroxyl groups is 1. The summed E-state index contributed by atoms with van der Waals surface area (Å²) in [4.78, 5) is 0. The summed E-state index contributed by atoms with van der Waals surface area (Å²) in [7, 11) is 1.65. The van der Waals surface area contributed by atoms with Crippen molar-refractivity contribution in [1.29, 1.82) is 0 Å². The molecule has 0 aliphatic rings. The first kappa shape index (κ1) is 11.2. The predicted octanol–water partition coefficient (Wildman–Crippen LogP) is 2.97. The first-order chi connectivity index (χ1) is 6.15. The van der Waals surface area contributed by atoms with Crippen LogP contribution >= 0.6 is 27.3 Å². The van der Waals surface area contributed by atoms with Gasteiger partial charge in [-0.25, -0.2) is 0 Å². The van der Waals surface area contributed by atoms with E-state index in [2.05, 4.69) is 15.9 Å². The van der Waals surface area contributed by atoms with Gasteiger partial charge < -0.3 is 9.84 Å². The summed E-state index contributed by atoms with van der Waals surface area (Å²) in [6, 6.07) is 0. The van der Waals surface area contributed by atoms with Crippen molar-refractivity contribution in [3.63, 3.8) is 0 Å². The van der Waals surface area contributed by atoms with Crippen molar-refractivity contribution < 1.29 is 9.84 Å². The average molecular weight is 265 g/mol. The molecule has 0 bridgehead atoms. The molecule has 0 fully saturated rings. The van der Waals surface area contributed by atoms with Crippen LogP contribution in [-0.2, 0) is 4.74 Å². The van der Waals surface area contributed by atoms with E-state index in [-0.39, 0.29) is 6.10 Å². The molecule has 0 aliphatic carbocycles. The van der Waals surface area contributed by atoms with E-state index in [9.17, 15) is 5.11 Å². The molecule has 0 aliphatic heterocycles. The van der Waals surface area contributed by atoms with Crippen LogP contribution in [0.4, 0.5) is 0 Å². The Morgan fingerprint density at radius 2 is 2.31 bits per heavy atom. The summed E-state index contributed by atoms with van der Waals surface area (Å²) in [5, 5.41) is 13.7. The highest BCUT2D eigenvalue weighted by molar-refractivity contribution is 9.10. The second-order valence-corrected chi connectivity index (χ2v) is 4.57. The third-order valence-electron chi connectivity index (χ3n) is 1.96. The SMILES string of the molecule is COC(C)CC(O)c1cscc1Br. The van der Waals surface area contributed by atoms with Crippen LogP contribution < -0.4 is 0 Å². The van der Waals surface area contributed by atoms with E-state index < -0.39 is 6.10 Å². The molecule has 2 atom stereocenters. The molecule has 1 rings (SSSR count). The minimum atomic E-state index is -0.435. The Morgan fingerprint density at radius 1 is 1.62 bits per heavy atom. The first-order valence-electron chi connectivity index (χ1n) is 4.07. The molecule has 2 nitrogen and oxygen atoms in total. The zero-order chi connectivity index (χ0) is 9.84. The topological polar surface area (TPSA) is 29.5 Å². The summed E-state index contributed by atoms with van der Waals surface area (Å²) in [6.07, 6.45) is 0.281. The summed E-state index contributed by atoms with van der Waals surface area (Å²) >= 11 is 4.97. The molecule has 0 aromatic carbocycles. The number of ether oxygens (including phenoxy) is 1. The molecule has 1 heterocycles. The maximum absolute atomic E-state index is 9.79. The molecule has 4 heteroatoms. The minimum Gasteiger partial charge on any atom is -0.388 e. The Bertz CT molecular complexity index is 262. The van der Waals surface area contributed by atoms with Crippen LogP contribution in [0.1, 0.15) is 25.0 Å². The minimum absolute atomic E-state index is 0.0850. The lowest BCUT2D eigenvalue weighted by Crippen LogP contribution is -2.10. The van der Waals surface area contributed by atoms with Gasteiger partial charge in [-0.05, 0) is 28.2 Å². The van der Waals surface area contributed by atoms with Gasteiger partial charge >= 0.3 is 0 Å². The largest absolute Gasteiger partial charge is 0.388 e. The van der Waals surface area contributed by atoms with Crippen LogP contribution in [0.2, 0.25) is 0 Å². The van der Waals surface area contributed by atoms with Gasteiger partial charge in [-0.1, -0.05) is 0 Å². The van der Waals surface area contributed by atoms with Gasteiger partial charge in [0.05, 0.1) is 12.2 Å². The van der Waals surface area contributed by atoms with Crippen molar-refractivity contribution in [2.24, 2.45) is 0 Å². The third-order valence-corrected chi connectivity index (χ3v) is 3.71. The van der Waals surface area contributed by atoms with Gasteiger partial charge in [0.15, 0.2) is 0 Å². The monoisotopic (exact) mass is 264 g/mol. The Morgan fingerprint density at radius 3 is 2.77 bits per heavy atom. The summed E-state index contributed by atoms with van der Waals surface area (Å²) < 4.78 is 6.07. The van der Waals surface area contributed by atoms with E-state index in [1.165, 1.54) is 0 Å². The van der Waals surface area contributed by atoms with Crippen LogP contribution in [0.15, 0.2) is 15.2 Å². The molecule has 0 spiro atoms. The number of rotatable bonds is 4. The lowest BCUT2D eigenvalue weighted by Gasteiger charge is -2.14. The van der Waals surface area contributed by atoms with E-state index >= 15 is 0 Å². The summed E-state index contributed by atoms with van der Waals surface area (Å²) in [6.45, 7) is 1.95. The van der Waals surface area contributed by atoms with E-state index in [0.29, 0.717) is 6.42 Å². The molecular formula is C9H13BrO2S. The van der Waals surface area contributed by atoms with Crippen LogP contribution in [0.25, 0.3) is 0 Å². The number of aliphatic hydroxyl groups excluding tert-OH is 1. The van der Waals surface area contributed by atoms with Gasteiger partial charge in [0.1, 0.15) is 0 Å². The van der Waals surface area contributed by atoms with Crippen LogP contribution in [0.5, 0.6) is 0 Å². The fourth-order valence-corrected chi connectivity index (χ4v) is 2.67. The molecule has 1 N–H and O–H groups in total. The average Bonchev–Trinajstić information content (AvgIpc) is 2.51. The van der Waals surface area contributed by atoms with E-state index in [0.717, 1.165) is 10.0 Å². The van der Waals surface area contributed by atoms with Crippen molar-refractivity contribution in [3.05, 3.63) is 20.8 Å². The normalized spacial score (nSPS) is 15.7. The number of hydrogen-bond donors (Lipinski definition) is 1. The number of hydrogen-bond acceptors (Lipinski definition) is 3. The Balaban J connectivity index is 2.58. The molecular weight excluding hydrogens is 252 g/mol. The van der Waals surface area contributed by atoms with Gasteiger partial charge in [-0.2, -0.15) is 11.3 Å². The van der Waals surface area contributed by atoms with E-state index in [1.54, 1.807) is 18.4 Å². The molecule has 1 aromatic rings. The van der Waals surface area contributed by atoms with Gasteiger partial charge in [0.2, 0.25) is 0 Å². The van der Waals surface area contributed by atoms with Gasteiger partial charge in [0.25, 0.3) is 0 Å². The molecule has 0 radical (unpaired) electrons. The zero-order valence-electron chi connectivity index (χ0n) is 7.66. The van der Waals surface area contributed by atoms with Crippen LogP contribution in [0, 0.1) is 0 Å². The molecule has 0 amide bonds. The predicted molar refractivity (Wildman–Crippen MR) is 58.1 cm³/mol. The maximum Gasteiger partial charge on any atom is 0.0833 e. The number of methoxy groups -OCH3 is 1. The van der Waals surface area contributed by atoms with Crippen molar-refractivity contribution in [1.82, 2.24) is 0 Å². The highest BCUT2D eigenvalue weighted by Crippen LogP contribution is 2.29.